The van der Waals surface area contributed by atoms with E-state index in [1.807, 2.05) is 36.4 Å². The third-order valence-corrected chi connectivity index (χ3v) is 4.89. The molecule has 0 saturated carbocycles. The highest BCUT2D eigenvalue weighted by atomic mass is 16.3. The highest BCUT2D eigenvalue weighted by molar-refractivity contribution is 6.09. The van der Waals surface area contributed by atoms with Gasteiger partial charge in [-0.05, 0) is 61.0 Å². The fraction of sp³-hybridized carbons (Fsp3) is 0.115. The van der Waals surface area contributed by atoms with Crippen LogP contribution in [0, 0.1) is 20.6 Å². The van der Waals surface area contributed by atoms with Crippen molar-refractivity contribution in [3.8, 4) is 22.4 Å². The maximum Gasteiger partial charge on any atom is 0.144 e. The van der Waals surface area contributed by atoms with Crippen molar-refractivity contribution < 1.29 is 16.8 Å². The first-order chi connectivity index (χ1) is 17.2. The van der Waals surface area contributed by atoms with Gasteiger partial charge in [0, 0.05) is 34.9 Å². The predicted octanol–water partition coefficient (Wildman–Crippen LogP) is 7.24. The van der Waals surface area contributed by atoms with Gasteiger partial charge in [-0.2, -0.15) is 0 Å². The van der Waals surface area contributed by atoms with Crippen molar-refractivity contribution in [1.82, 2.24) is 4.98 Å². The van der Waals surface area contributed by atoms with Crippen LogP contribution in [0.15, 0.2) is 77.3 Å². The van der Waals surface area contributed by atoms with Crippen LogP contribution in [0.2, 0.25) is 0 Å². The van der Waals surface area contributed by atoms with Crippen LogP contribution >= 0.6 is 0 Å². The summed E-state index contributed by atoms with van der Waals surface area (Å²) in [6.07, 6.45) is 1.22. The minimum absolute atomic E-state index is 0.111. The van der Waals surface area contributed by atoms with Crippen LogP contribution in [0.25, 0.3) is 44.3 Å². The smallest absolute Gasteiger partial charge is 0.144 e. The molecule has 2 nitrogen and oxygen atoms in total. The van der Waals surface area contributed by atoms with E-state index in [4.69, 9.17) is 16.8 Å². The molecule has 0 amide bonds. The molecule has 2 heteroatoms. The number of hydrogen-bond donors (Lipinski definition) is 0. The topological polar surface area (TPSA) is 26.0 Å². The third kappa shape index (κ3) is 2.61. The van der Waals surface area contributed by atoms with E-state index in [0.717, 1.165) is 16.8 Å². The molecular formula is C26H21NO. The molecule has 0 aliphatic carbocycles. The molecule has 0 bridgehead atoms. The molecule has 2 heterocycles. The minimum Gasteiger partial charge on any atom is -0.455 e. The normalized spacial score (nSPS) is 17.5. The van der Waals surface area contributed by atoms with Crippen molar-refractivity contribution in [2.45, 2.75) is 20.6 Å². The number of nitrogens with zero attached hydrogens (tertiary/aromatic N) is 1. The summed E-state index contributed by atoms with van der Waals surface area (Å²) in [4.78, 5) is 4.42. The van der Waals surface area contributed by atoms with E-state index >= 15 is 0 Å². The second-order valence-corrected chi connectivity index (χ2v) is 6.66. The molecule has 5 rings (SSSR count). The van der Waals surface area contributed by atoms with Crippen molar-refractivity contribution in [2.75, 3.05) is 0 Å². The van der Waals surface area contributed by atoms with E-state index in [-0.39, 0.29) is 27.8 Å². The Hall–Kier alpha value is -3.39. The molecule has 0 spiro atoms. The van der Waals surface area contributed by atoms with Gasteiger partial charge in [-0.25, -0.2) is 0 Å². The summed E-state index contributed by atoms with van der Waals surface area (Å²) in [6.45, 7) is -7.81. The Morgan fingerprint density at radius 2 is 1.64 bits per heavy atom. The zero-order valence-corrected chi connectivity index (χ0v) is 14.8. The molecule has 5 aromatic rings. The van der Waals surface area contributed by atoms with Crippen molar-refractivity contribution >= 4 is 21.9 Å². The number of aryl methyl sites for hydroxylation is 3. The molecule has 0 radical (unpaired) electrons. The van der Waals surface area contributed by atoms with Gasteiger partial charge in [0.1, 0.15) is 11.2 Å². The van der Waals surface area contributed by atoms with E-state index in [0.29, 0.717) is 22.4 Å². The van der Waals surface area contributed by atoms with Gasteiger partial charge in [-0.1, -0.05) is 54.1 Å². The van der Waals surface area contributed by atoms with Gasteiger partial charge < -0.3 is 4.42 Å². The summed E-state index contributed by atoms with van der Waals surface area (Å²) in [5, 5.41) is 1.78. The largest absolute Gasteiger partial charge is 0.455 e. The second kappa shape index (κ2) is 6.35. The highest BCUT2D eigenvalue weighted by Gasteiger charge is 2.14. The molecule has 0 saturated heterocycles. The number of hydrogen-bond acceptors (Lipinski definition) is 2. The van der Waals surface area contributed by atoms with Crippen LogP contribution in [0.5, 0.6) is 0 Å². The SMILES string of the molecule is [2H]C([2H])([2H])c1ccc(-c2cc(-c3cccc4c3oc3ccccc34)ncc2C([2H])([2H])[2H])c(C([2H])([2H])[2H])c1. The van der Waals surface area contributed by atoms with Crippen molar-refractivity contribution in [1.29, 1.82) is 0 Å². The number of benzene rings is 3. The molecule has 136 valence electrons. The number of furan rings is 1. The average Bonchev–Trinajstić information content (AvgIpc) is 3.20. The Bertz CT molecular complexity index is 1640. The number of aromatic nitrogens is 1. The fourth-order valence-electron chi connectivity index (χ4n) is 3.55. The lowest BCUT2D eigenvalue weighted by Gasteiger charge is -2.12. The Kier molecular flexibility index (Phi) is 2.20. The van der Waals surface area contributed by atoms with Crippen LogP contribution in [0.3, 0.4) is 0 Å². The summed E-state index contributed by atoms with van der Waals surface area (Å²) >= 11 is 0. The zero-order chi connectivity index (χ0) is 26.8. The van der Waals surface area contributed by atoms with Gasteiger partial charge in [-0.3, -0.25) is 4.98 Å². The van der Waals surface area contributed by atoms with Gasteiger partial charge in [0.05, 0.1) is 5.69 Å². The third-order valence-electron chi connectivity index (χ3n) is 4.89. The fourth-order valence-corrected chi connectivity index (χ4v) is 3.55. The van der Waals surface area contributed by atoms with E-state index < -0.39 is 20.6 Å². The molecule has 0 N–H and O–H groups in total. The molecule has 0 unspecified atom stereocenters. The highest BCUT2D eigenvalue weighted by Crippen LogP contribution is 2.37. The van der Waals surface area contributed by atoms with Crippen LogP contribution in [-0.4, -0.2) is 4.98 Å². The van der Waals surface area contributed by atoms with Gasteiger partial charge in [0.25, 0.3) is 0 Å². The molecular weight excluding hydrogens is 342 g/mol. The van der Waals surface area contributed by atoms with Crippen LogP contribution in [-0.2, 0) is 0 Å². The summed E-state index contributed by atoms with van der Waals surface area (Å²) in [7, 11) is 0. The molecule has 0 aliphatic heterocycles. The number of fused-ring (bicyclic) bond motifs is 3. The Morgan fingerprint density at radius 1 is 0.750 bits per heavy atom. The second-order valence-electron chi connectivity index (χ2n) is 6.66. The summed E-state index contributed by atoms with van der Waals surface area (Å²) in [6, 6.07) is 18.4. The van der Waals surface area contributed by atoms with E-state index in [1.165, 1.54) is 24.4 Å². The minimum atomic E-state index is -2.69. The van der Waals surface area contributed by atoms with Crippen molar-refractivity contribution in [2.24, 2.45) is 0 Å². The predicted molar refractivity (Wildman–Crippen MR) is 117 cm³/mol. The van der Waals surface area contributed by atoms with Gasteiger partial charge in [-0.15, -0.1) is 0 Å². The lowest BCUT2D eigenvalue weighted by Crippen LogP contribution is -1.92. The number of para-hydroxylation sites is 2. The molecule has 3 aromatic carbocycles. The summed E-state index contributed by atoms with van der Waals surface area (Å²) < 4.78 is 77.5. The number of pyridine rings is 1. The first-order valence-corrected chi connectivity index (χ1v) is 8.82. The molecule has 2 aromatic heterocycles. The first-order valence-electron chi connectivity index (χ1n) is 13.3. The molecule has 0 fully saturated rings. The monoisotopic (exact) mass is 372 g/mol. The zero-order valence-electron chi connectivity index (χ0n) is 23.8. The maximum absolute atomic E-state index is 8.06. The molecule has 0 atom stereocenters. The Morgan fingerprint density at radius 3 is 2.54 bits per heavy atom. The van der Waals surface area contributed by atoms with Crippen LogP contribution < -0.4 is 0 Å². The van der Waals surface area contributed by atoms with Gasteiger partial charge in [0.15, 0.2) is 0 Å². The lowest BCUT2D eigenvalue weighted by molar-refractivity contribution is 0.670. The van der Waals surface area contributed by atoms with Crippen LogP contribution in [0.4, 0.5) is 0 Å². The average molecular weight is 373 g/mol. The van der Waals surface area contributed by atoms with Crippen molar-refractivity contribution in [3.05, 3.63) is 89.6 Å². The first kappa shape index (κ1) is 9.70. The molecule has 0 aliphatic rings. The van der Waals surface area contributed by atoms with E-state index in [9.17, 15) is 0 Å². The Balaban J connectivity index is 1.80. The molecule has 28 heavy (non-hydrogen) atoms. The standard InChI is InChI=1S/C26H21NO/c1-16-11-12-19(17(2)13-16)23-14-24(27-15-18(23)3)22-9-6-8-21-20-7-4-5-10-25(20)28-26(21)22/h4-15H,1-3H3/i1D3,2D3,3D3. The summed E-state index contributed by atoms with van der Waals surface area (Å²) in [5.74, 6) is 0. The number of rotatable bonds is 2. The van der Waals surface area contributed by atoms with E-state index in [2.05, 4.69) is 4.98 Å². The van der Waals surface area contributed by atoms with Gasteiger partial charge in [0.2, 0.25) is 0 Å². The van der Waals surface area contributed by atoms with E-state index in [1.54, 1.807) is 6.07 Å². The summed E-state index contributed by atoms with van der Waals surface area (Å²) in [5.41, 5.74) is 1.99. The lowest BCUT2D eigenvalue weighted by atomic mass is 9.94. The van der Waals surface area contributed by atoms with Crippen LogP contribution in [0.1, 0.15) is 29.0 Å². The van der Waals surface area contributed by atoms with Gasteiger partial charge >= 0.3 is 0 Å². The maximum atomic E-state index is 8.06. The Labute approximate surface area is 177 Å². The van der Waals surface area contributed by atoms with Crippen molar-refractivity contribution in [3.63, 3.8) is 0 Å². The quantitative estimate of drug-likeness (QED) is 0.326.